The molecular weight excluding hydrogens is 428 g/mol. The van der Waals surface area contributed by atoms with Gasteiger partial charge in [0.1, 0.15) is 17.7 Å². The van der Waals surface area contributed by atoms with E-state index in [0.29, 0.717) is 17.0 Å². The number of hydrogen-bond donors (Lipinski definition) is 1. The largest absolute Gasteiger partial charge is 0.306 e. The number of hydrogen-bond acceptors (Lipinski definition) is 4. The van der Waals surface area contributed by atoms with Crippen LogP contribution in [0, 0.1) is 17.1 Å². The Morgan fingerprint density at radius 3 is 2.70 bits per heavy atom. The Bertz CT molecular complexity index is 1230. The molecule has 1 amide bonds. The van der Waals surface area contributed by atoms with Crippen molar-refractivity contribution in [3.63, 3.8) is 0 Å². The number of rotatable bonds is 5. The van der Waals surface area contributed by atoms with Crippen molar-refractivity contribution in [2.45, 2.75) is 6.92 Å². The minimum atomic E-state index is -0.570. The maximum atomic E-state index is 13.3. The fraction of sp³-hybridized carbons (Fsp3) is 0.0476. The van der Waals surface area contributed by atoms with Crippen molar-refractivity contribution in [3.8, 4) is 17.3 Å². The number of benzene rings is 1. The van der Waals surface area contributed by atoms with Gasteiger partial charge in [0.05, 0.1) is 33.2 Å². The van der Waals surface area contributed by atoms with E-state index in [1.807, 2.05) is 6.07 Å². The minimum Gasteiger partial charge on any atom is -0.306 e. The standard InChI is InChI=1S/C21H14Cl2FN5O/c1-3-15(4-2)29-19(9-14(10-25)28-29)27-21(30)16-7-12(5-6-17(16)22)20-18(23)8-13(24)11-26-20/h3-9,11H,1H2,2H3,(H,27,30). The summed E-state index contributed by atoms with van der Waals surface area (Å²) in [4.78, 5) is 16.9. The van der Waals surface area contributed by atoms with Crippen molar-refractivity contribution in [2.24, 2.45) is 0 Å². The van der Waals surface area contributed by atoms with E-state index < -0.39 is 11.7 Å². The highest BCUT2D eigenvalue weighted by molar-refractivity contribution is 6.35. The van der Waals surface area contributed by atoms with E-state index in [0.717, 1.165) is 12.3 Å². The zero-order valence-corrected chi connectivity index (χ0v) is 17.2. The third kappa shape index (κ3) is 4.25. The molecule has 30 heavy (non-hydrogen) atoms. The van der Waals surface area contributed by atoms with E-state index in [1.165, 1.54) is 22.9 Å². The van der Waals surface area contributed by atoms with Gasteiger partial charge in [-0.25, -0.2) is 9.07 Å². The fourth-order valence-corrected chi connectivity index (χ4v) is 3.17. The number of pyridine rings is 1. The number of carbonyl (C=O) groups is 1. The quantitative estimate of drug-likeness (QED) is 0.525. The Morgan fingerprint density at radius 2 is 2.07 bits per heavy atom. The molecule has 0 aliphatic rings. The Morgan fingerprint density at radius 1 is 1.30 bits per heavy atom. The average Bonchev–Trinajstić information content (AvgIpc) is 3.12. The summed E-state index contributed by atoms with van der Waals surface area (Å²) in [5.41, 5.74) is 1.63. The zero-order valence-electron chi connectivity index (χ0n) is 15.7. The molecule has 0 unspecified atom stereocenters. The van der Waals surface area contributed by atoms with Gasteiger partial charge in [-0.3, -0.25) is 9.78 Å². The molecule has 0 saturated carbocycles. The van der Waals surface area contributed by atoms with Crippen LogP contribution in [0.5, 0.6) is 0 Å². The molecule has 1 aromatic carbocycles. The molecule has 9 heteroatoms. The van der Waals surface area contributed by atoms with Crippen molar-refractivity contribution in [1.82, 2.24) is 14.8 Å². The lowest BCUT2D eigenvalue weighted by atomic mass is 10.1. The first-order chi connectivity index (χ1) is 14.4. The first-order valence-corrected chi connectivity index (χ1v) is 9.35. The second-order valence-corrected chi connectivity index (χ2v) is 6.80. The number of nitrogens with one attached hydrogen (secondary N) is 1. The van der Waals surface area contributed by atoms with Crippen LogP contribution in [0.3, 0.4) is 0 Å². The highest BCUT2D eigenvalue weighted by Crippen LogP contribution is 2.30. The van der Waals surface area contributed by atoms with E-state index in [4.69, 9.17) is 28.5 Å². The summed E-state index contributed by atoms with van der Waals surface area (Å²) in [6.07, 6.45) is 4.30. The monoisotopic (exact) mass is 441 g/mol. The maximum absolute atomic E-state index is 13.3. The first kappa shape index (κ1) is 21.2. The molecule has 0 atom stereocenters. The molecular formula is C21H14Cl2FN5O. The molecule has 3 rings (SSSR count). The third-order valence-corrected chi connectivity index (χ3v) is 4.72. The molecule has 0 aliphatic carbocycles. The number of nitrogens with zero attached hydrogens (tertiary/aromatic N) is 4. The Hall–Kier alpha value is -3.47. The molecule has 1 N–H and O–H groups in total. The van der Waals surface area contributed by atoms with E-state index in [1.54, 1.807) is 25.1 Å². The lowest BCUT2D eigenvalue weighted by Gasteiger charge is -2.11. The number of allylic oxidation sites excluding steroid dienone is 3. The zero-order chi connectivity index (χ0) is 21.8. The van der Waals surface area contributed by atoms with Crippen LogP contribution in [0.25, 0.3) is 17.0 Å². The summed E-state index contributed by atoms with van der Waals surface area (Å²) in [6, 6.07) is 9.14. The second-order valence-electron chi connectivity index (χ2n) is 5.99. The van der Waals surface area contributed by atoms with Crippen molar-refractivity contribution < 1.29 is 9.18 Å². The molecule has 2 heterocycles. The van der Waals surface area contributed by atoms with Gasteiger partial charge in [0.15, 0.2) is 5.69 Å². The highest BCUT2D eigenvalue weighted by Gasteiger charge is 2.18. The van der Waals surface area contributed by atoms with Crippen LogP contribution in [0.2, 0.25) is 10.0 Å². The van der Waals surface area contributed by atoms with Gasteiger partial charge in [0.25, 0.3) is 5.91 Å². The van der Waals surface area contributed by atoms with Crippen molar-refractivity contribution >= 4 is 40.6 Å². The topological polar surface area (TPSA) is 83.6 Å². The van der Waals surface area contributed by atoms with Crippen LogP contribution >= 0.6 is 23.2 Å². The van der Waals surface area contributed by atoms with Gasteiger partial charge in [-0.15, -0.1) is 0 Å². The first-order valence-electron chi connectivity index (χ1n) is 8.59. The van der Waals surface area contributed by atoms with Gasteiger partial charge in [-0.2, -0.15) is 10.4 Å². The molecule has 0 saturated heterocycles. The minimum absolute atomic E-state index is 0.101. The molecule has 0 spiro atoms. The van der Waals surface area contributed by atoms with E-state index in [-0.39, 0.29) is 27.1 Å². The lowest BCUT2D eigenvalue weighted by Crippen LogP contribution is -2.16. The van der Waals surface area contributed by atoms with Gasteiger partial charge < -0.3 is 5.32 Å². The Balaban J connectivity index is 2.00. The smallest absolute Gasteiger partial charge is 0.258 e. The van der Waals surface area contributed by atoms with E-state index in [2.05, 4.69) is 22.0 Å². The van der Waals surface area contributed by atoms with Gasteiger partial charge >= 0.3 is 0 Å². The summed E-state index contributed by atoms with van der Waals surface area (Å²) in [7, 11) is 0. The van der Waals surface area contributed by atoms with Crippen molar-refractivity contribution in [3.05, 3.63) is 82.4 Å². The van der Waals surface area contributed by atoms with Crippen molar-refractivity contribution in [2.75, 3.05) is 5.32 Å². The molecule has 2 aromatic heterocycles. The number of amides is 1. The highest BCUT2D eigenvalue weighted by atomic mass is 35.5. The van der Waals surface area contributed by atoms with E-state index in [9.17, 15) is 9.18 Å². The lowest BCUT2D eigenvalue weighted by molar-refractivity contribution is 0.102. The fourth-order valence-electron chi connectivity index (χ4n) is 2.71. The number of anilines is 1. The summed E-state index contributed by atoms with van der Waals surface area (Å²) < 4.78 is 14.7. The Labute approximate surface area is 181 Å². The third-order valence-electron chi connectivity index (χ3n) is 4.11. The summed E-state index contributed by atoms with van der Waals surface area (Å²) in [5, 5.41) is 16.3. The van der Waals surface area contributed by atoms with Crippen LogP contribution < -0.4 is 5.32 Å². The number of halogens is 3. The van der Waals surface area contributed by atoms with Crippen LogP contribution in [-0.2, 0) is 0 Å². The van der Waals surface area contributed by atoms with Crippen LogP contribution in [0.15, 0.2) is 55.3 Å². The predicted molar refractivity (Wildman–Crippen MR) is 115 cm³/mol. The van der Waals surface area contributed by atoms with Gasteiger partial charge in [-0.05, 0) is 31.2 Å². The van der Waals surface area contributed by atoms with Crippen LogP contribution in [0.4, 0.5) is 10.2 Å². The molecule has 6 nitrogen and oxygen atoms in total. The van der Waals surface area contributed by atoms with Crippen LogP contribution in [-0.4, -0.2) is 20.7 Å². The normalized spacial score (nSPS) is 11.1. The van der Waals surface area contributed by atoms with E-state index >= 15 is 0 Å². The molecule has 3 aromatic rings. The summed E-state index contributed by atoms with van der Waals surface area (Å²) >= 11 is 12.3. The molecule has 0 bridgehead atoms. The van der Waals surface area contributed by atoms with Gasteiger partial charge in [0.2, 0.25) is 0 Å². The molecule has 0 aliphatic heterocycles. The number of aromatic nitrogens is 3. The van der Waals surface area contributed by atoms with Gasteiger partial charge in [0, 0.05) is 11.6 Å². The predicted octanol–water partition coefficient (Wildman–Crippen LogP) is 5.56. The maximum Gasteiger partial charge on any atom is 0.258 e. The molecule has 150 valence electrons. The Kier molecular flexibility index (Phi) is 6.31. The summed E-state index contributed by atoms with van der Waals surface area (Å²) in [5.74, 6) is -0.839. The number of nitriles is 1. The van der Waals surface area contributed by atoms with Gasteiger partial charge in [-0.1, -0.05) is 41.9 Å². The van der Waals surface area contributed by atoms with Crippen molar-refractivity contribution in [1.29, 1.82) is 5.26 Å². The molecule has 0 fully saturated rings. The number of carbonyl (C=O) groups excluding carboxylic acids is 1. The summed E-state index contributed by atoms with van der Waals surface area (Å²) in [6.45, 7) is 5.48. The van der Waals surface area contributed by atoms with Crippen LogP contribution in [0.1, 0.15) is 23.0 Å². The SMILES string of the molecule is C=CC(=CC)n1nc(C#N)cc1NC(=O)c1cc(-c2ncc(F)cc2Cl)ccc1Cl. The average molecular weight is 442 g/mol. The second kappa shape index (κ2) is 8.91. The molecule has 0 radical (unpaired) electrons.